The molecule has 4 nitrogen and oxygen atoms in total. The van der Waals surface area contributed by atoms with Crippen molar-refractivity contribution in [3.05, 3.63) is 47.0 Å². The molecule has 1 N–H and O–H groups in total. The van der Waals surface area contributed by atoms with Crippen molar-refractivity contribution in [1.29, 1.82) is 0 Å². The van der Waals surface area contributed by atoms with Gasteiger partial charge in [-0.2, -0.15) is 5.10 Å². The van der Waals surface area contributed by atoms with Crippen LogP contribution in [0.5, 0.6) is 0 Å². The highest BCUT2D eigenvalue weighted by Gasteiger charge is 2.44. The number of rotatable bonds is 7. The highest BCUT2D eigenvalue weighted by Crippen LogP contribution is 2.49. The van der Waals surface area contributed by atoms with Crippen LogP contribution in [-0.4, -0.2) is 27.4 Å². The Balaban J connectivity index is 1.51. The summed E-state index contributed by atoms with van der Waals surface area (Å²) in [7, 11) is 0. The standard InChI is InChI=1S/C16H21BrN4/c1-13(6-9-21-12-18-11-20-21)19-10-16(7-8-16)14-4-2-3-5-15(14)17/h2-5,11-13,19H,6-10H2,1H3/t13-/m0/s1. The molecule has 0 unspecified atom stereocenters. The van der Waals surface area contributed by atoms with Crippen LogP contribution in [0.1, 0.15) is 31.7 Å². The van der Waals surface area contributed by atoms with E-state index in [1.807, 2.05) is 4.68 Å². The average molecular weight is 349 g/mol. The van der Waals surface area contributed by atoms with Crippen LogP contribution in [0.3, 0.4) is 0 Å². The van der Waals surface area contributed by atoms with Gasteiger partial charge in [-0.15, -0.1) is 0 Å². The monoisotopic (exact) mass is 348 g/mol. The smallest absolute Gasteiger partial charge is 0.137 e. The third kappa shape index (κ3) is 3.52. The fraction of sp³-hybridized carbons (Fsp3) is 0.500. The van der Waals surface area contributed by atoms with E-state index in [4.69, 9.17) is 0 Å². The molecule has 1 atom stereocenters. The van der Waals surface area contributed by atoms with Gasteiger partial charge >= 0.3 is 0 Å². The maximum absolute atomic E-state index is 4.14. The molecule has 5 heteroatoms. The number of nitrogens with one attached hydrogen (secondary N) is 1. The molecule has 1 aromatic heterocycles. The summed E-state index contributed by atoms with van der Waals surface area (Å²) < 4.78 is 3.12. The molecule has 1 aromatic carbocycles. The van der Waals surface area contributed by atoms with Gasteiger partial charge in [-0.25, -0.2) is 4.98 Å². The minimum Gasteiger partial charge on any atom is -0.313 e. The molecule has 3 rings (SSSR count). The lowest BCUT2D eigenvalue weighted by Gasteiger charge is -2.21. The van der Waals surface area contributed by atoms with Gasteiger partial charge in [-0.05, 0) is 37.8 Å². The Hall–Kier alpha value is -1.20. The van der Waals surface area contributed by atoms with E-state index < -0.39 is 0 Å². The summed E-state index contributed by atoms with van der Waals surface area (Å²) in [5.41, 5.74) is 1.78. The van der Waals surface area contributed by atoms with Gasteiger partial charge < -0.3 is 5.32 Å². The van der Waals surface area contributed by atoms with E-state index in [1.54, 1.807) is 12.7 Å². The van der Waals surface area contributed by atoms with Gasteiger partial charge in [0.25, 0.3) is 0 Å². The number of nitrogens with zero attached hydrogens (tertiary/aromatic N) is 3. The normalized spacial score (nSPS) is 17.6. The molecule has 2 aromatic rings. The Kier molecular flexibility index (Phi) is 4.40. The van der Waals surface area contributed by atoms with E-state index in [9.17, 15) is 0 Å². The largest absolute Gasteiger partial charge is 0.313 e. The van der Waals surface area contributed by atoms with Crippen molar-refractivity contribution in [3.8, 4) is 0 Å². The summed E-state index contributed by atoms with van der Waals surface area (Å²) in [6.07, 6.45) is 6.98. The first-order chi connectivity index (χ1) is 10.2. The Labute approximate surface area is 134 Å². The number of aromatic nitrogens is 3. The summed E-state index contributed by atoms with van der Waals surface area (Å²) in [6.45, 7) is 4.21. The third-order valence-electron chi connectivity index (χ3n) is 4.35. The van der Waals surface area contributed by atoms with Crippen molar-refractivity contribution in [2.45, 2.75) is 44.2 Å². The molecule has 0 saturated heterocycles. The molecular formula is C16H21BrN4. The number of benzene rings is 1. The van der Waals surface area contributed by atoms with Crippen LogP contribution in [0.2, 0.25) is 0 Å². The first-order valence-electron chi connectivity index (χ1n) is 7.50. The Bertz CT molecular complexity index is 578. The molecule has 21 heavy (non-hydrogen) atoms. The van der Waals surface area contributed by atoms with Crippen LogP contribution in [0.4, 0.5) is 0 Å². The quantitative estimate of drug-likeness (QED) is 0.835. The number of aryl methyl sites for hydroxylation is 1. The Morgan fingerprint density at radius 1 is 1.38 bits per heavy atom. The maximum Gasteiger partial charge on any atom is 0.137 e. The predicted octanol–water partition coefficient (Wildman–Crippen LogP) is 3.14. The minimum atomic E-state index is 0.335. The zero-order chi connectivity index (χ0) is 14.7. The van der Waals surface area contributed by atoms with Crippen LogP contribution >= 0.6 is 15.9 Å². The SMILES string of the molecule is C[C@@H](CCn1cncn1)NCC1(c2ccccc2Br)CC1. The van der Waals surface area contributed by atoms with E-state index in [0.717, 1.165) is 19.5 Å². The molecule has 1 fully saturated rings. The first-order valence-corrected chi connectivity index (χ1v) is 8.30. The summed E-state index contributed by atoms with van der Waals surface area (Å²) in [4.78, 5) is 3.97. The van der Waals surface area contributed by atoms with Crippen LogP contribution in [0.25, 0.3) is 0 Å². The molecule has 1 aliphatic carbocycles. The van der Waals surface area contributed by atoms with Crippen molar-refractivity contribution < 1.29 is 0 Å². The molecule has 0 bridgehead atoms. The fourth-order valence-electron chi connectivity index (χ4n) is 2.73. The lowest BCUT2D eigenvalue weighted by atomic mass is 9.95. The van der Waals surface area contributed by atoms with Crippen molar-refractivity contribution in [3.63, 3.8) is 0 Å². The van der Waals surface area contributed by atoms with Crippen molar-refractivity contribution in [2.24, 2.45) is 0 Å². The lowest BCUT2D eigenvalue weighted by molar-refractivity contribution is 0.436. The molecule has 1 aliphatic rings. The fourth-order valence-corrected chi connectivity index (χ4v) is 3.43. The topological polar surface area (TPSA) is 42.7 Å². The third-order valence-corrected chi connectivity index (χ3v) is 5.04. The van der Waals surface area contributed by atoms with Gasteiger partial charge in [0.1, 0.15) is 12.7 Å². The second kappa shape index (κ2) is 6.28. The van der Waals surface area contributed by atoms with Crippen LogP contribution in [-0.2, 0) is 12.0 Å². The van der Waals surface area contributed by atoms with E-state index in [0.29, 0.717) is 11.5 Å². The molecule has 112 valence electrons. The molecule has 1 saturated carbocycles. The second-order valence-electron chi connectivity index (χ2n) is 5.99. The Morgan fingerprint density at radius 2 is 2.19 bits per heavy atom. The summed E-state index contributed by atoms with van der Waals surface area (Å²) >= 11 is 3.69. The highest BCUT2D eigenvalue weighted by atomic mass is 79.9. The van der Waals surface area contributed by atoms with Crippen molar-refractivity contribution in [1.82, 2.24) is 20.1 Å². The maximum atomic E-state index is 4.14. The van der Waals surface area contributed by atoms with E-state index >= 15 is 0 Å². The van der Waals surface area contributed by atoms with E-state index in [-0.39, 0.29) is 0 Å². The molecular weight excluding hydrogens is 328 g/mol. The van der Waals surface area contributed by atoms with E-state index in [2.05, 4.69) is 62.5 Å². The van der Waals surface area contributed by atoms with Gasteiger partial charge in [0.05, 0.1) is 0 Å². The number of hydrogen-bond acceptors (Lipinski definition) is 3. The predicted molar refractivity (Wildman–Crippen MR) is 87.2 cm³/mol. The molecule has 1 heterocycles. The van der Waals surface area contributed by atoms with Crippen molar-refractivity contribution in [2.75, 3.05) is 6.54 Å². The molecule has 0 aliphatic heterocycles. The highest BCUT2D eigenvalue weighted by molar-refractivity contribution is 9.10. The number of hydrogen-bond donors (Lipinski definition) is 1. The average Bonchev–Trinajstić information content (AvgIpc) is 3.09. The lowest BCUT2D eigenvalue weighted by Crippen LogP contribution is -2.34. The summed E-state index contributed by atoms with van der Waals surface area (Å²) in [5.74, 6) is 0. The summed E-state index contributed by atoms with van der Waals surface area (Å²) in [5, 5.41) is 7.83. The van der Waals surface area contributed by atoms with Gasteiger partial charge in [-0.1, -0.05) is 34.1 Å². The number of halogens is 1. The molecule has 0 spiro atoms. The second-order valence-corrected chi connectivity index (χ2v) is 6.84. The van der Waals surface area contributed by atoms with Gasteiger partial charge in [-0.3, -0.25) is 4.68 Å². The molecule has 0 amide bonds. The zero-order valence-corrected chi connectivity index (χ0v) is 13.9. The van der Waals surface area contributed by atoms with Gasteiger partial charge in [0, 0.05) is 29.0 Å². The molecule has 0 radical (unpaired) electrons. The van der Waals surface area contributed by atoms with Crippen LogP contribution in [0.15, 0.2) is 41.4 Å². The zero-order valence-electron chi connectivity index (χ0n) is 12.3. The minimum absolute atomic E-state index is 0.335. The van der Waals surface area contributed by atoms with Gasteiger partial charge in [0.15, 0.2) is 0 Å². The van der Waals surface area contributed by atoms with Crippen molar-refractivity contribution >= 4 is 15.9 Å². The summed E-state index contributed by atoms with van der Waals surface area (Å²) in [6, 6.07) is 9.09. The van der Waals surface area contributed by atoms with Crippen LogP contribution in [0, 0.1) is 0 Å². The first kappa shape index (κ1) is 14.7. The van der Waals surface area contributed by atoms with Gasteiger partial charge in [0.2, 0.25) is 0 Å². The van der Waals surface area contributed by atoms with Crippen LogP contribution < -0.4 is 5.32 Å². The Morgan fingerprint density at radius 3 is 2.86 bits per heavy atom. The van der Waals surface area contributed by atoms with E-state index in [1.165, 1.54) is 22.9 Å².